The third kappa shape index (κ3) is 10.4. The first-order chi connectivity index (χ1) is 17.7. The molecule has 1 fully saturated rings. The molecule has 0 aliphatic carbocycles. The highest BCUT2D eigenvalue weighted by Gasteiger charge is 2.34. The lowest BCUT2D eigenvalue weighted by Crippen LogP contribution is -2.34. The van der Waals surface area contributed by atoms with Gasteiger partial charge in [-0.2, -0.15) is 0 Å². The number of carbonyl (C=O) groups excluding carboxylic acids is 7. The van der Waals surface area contributed by atoms with Gasteiger partial charge >= 0.3 is 12.1 Å². The number of hydroxylamine groups is 2. The fourth-order valence-electron chi connectivity index (χ4n) is 3.53. The van der Waals surface area contributed by atoms with Crippen LogP contribution in [0.15, 0.2) is 12.2 Å². The molecule has 0 aromatic heterocycles. The van der Waals surface area contributed by atoms with Crippen molar-refractivity contribution in [2.75, 3.05) is 13.1 Å². The molecule has 1 saturated heterocycles. The Morgan fingerprint density at radius 2 is 1.49 bits per heavy atom. The summed E-state index contributed by atoms with van der Waals surface area (Å²) in [5.41, 5.74) is 0. The lowest BCUT2D eigenvalue weighted by molar-refractivity contribution is -0.193. The Bertz CT molecular complexity index is 882. The van der Waals surface area contributed by atoms with Gasteiger partial charge in [-0.15, -0.1) is 0 Å². The monoisotopic (exact) mass is 523 g/mol. The first-order valence-corrected chi connectivity index (χ1v) is 12.4. The van der Waals surface area contributed by atoms with Crippen molar-refractivity contribution >= 4 is 41.7 Å². The van der Waals surface area contributed by atoms with Gasteiger partial charge in [-0.05, 0) is 25.7 Å². The Balaban J connectivity index is 1.46. The second-order valence-corrected chi connectivity index (χ2v) is 8.50. The van der Waals surface area contributed by atoms with Crippen molar-refractivity contribution in [3.05, 3.63) is 12.2 Å². The van der Waals surface area contributed by atoms with E-state index in [-0.39, 0.29) is 43.4 Å². The first-order valence-electron chi connectivity index (χ1n) is 12.4. The van der Waals surface area contributed by atoms with Crippen LogP contribution in [0.5, 0.6) is 0 Å². The summed E-state index contributed by atoms with van der Waals surface area (Å²) in [4.78, 5) is 87.2. The highest BCUT2D eigenvalue weighted by atomic mass is 16.9. The van der Waals surface area contributed by atoms with Crippen molar-refractivity contribution in [2.24, 2.45) is 0 Å². The highest BCUT2D eigenvalue weighted by molar-refractivity contribution is 6.12. The molecule has 0 radical (unpaired) electrons. The zero-order chi connectivity index (χ0) is 27.2. The maximum absolute atomic E-state index is 12.0. The Hall–Kier alpha value is -3.77. The van der Waals surface area contributed by atoms with Gasteiger partial charge in [0.1, 0.15) is 0 Å². The molecule has 204 valence electrons. The molecule has 37 heavy (non-hydrogen) atoms. The molecule has 5 amide bonds. The van der Waals surface area contributed by atoms with E-state index < -0.39 is 30.2 Å². The Morgan fingerprint density at radius 1 is 0.865 bits per heavy atom. The van der Waals surface area contributed by atoms with Gasteiger partial charge in [0.25, 0.3) is 29.9 Å². The number of amides is 5. The molecule has 13 nitrogen and oxygen atoms in total. The number of imide groups is 2. The molecule has 0 saturated carbocycles. The van der Waals surface area contributed by atoms with E-state index >= 15 is 0 Å². The van der Waals surface area contributed by atoms with Crippen LogP contribution in [0.3, 0.4) is 0 Å². The van der Waals surface area contributed by atoms with Crippen LogP contribution in [0.1, 0.15) is 77.6 Å². The van der Waals surface area contributed by atoms with E-state index in [1.54, 1.807) is 6.92 Å². The standard InChI is InChI=1S/C24H33N3O10/c1-2-23(36-24(34)37-27-20(31)13-14-21(27)32)35-22(33)10-6-3-7-15-25-17(28)9-5-4-8-16-26-18(29)11-12-19(26)30/h11-12,23H,2-10,13-16H2,1H3,(H,25,28). The van der Waals surface area contributed by atoms with Gasteiger partial charge in [0.05, 0.1) is 0 Å². The fraction of sp³-hybridized carbons (Fsp3) is 0.625. The Morgan fingerprint density at radius 3 is 2.14 bits per heavy atom. The number of unbranched alkanes of at least 4 members (excludes halogenated alkanes) is 4. The molecule has 2 aliphatic heterocycles. The SMILES string of the molecule is CCC(OC(=O)CCCCCNC(=O)CCCCCN1C(=O)C=CC1=O)OC(=O)ON1C(=O)CCC1=O. The van der Waals surface area contributed by atoms with Crippen LogP contribution in [0.4, 0.5) is 4.79 Å². The minimum atomic E-state index is -1.31. The number of rotatable bonds is 16. The van der Waals surface area contributed by atoms with Crippen LogP contribution in [-0.4, -0.2) is 71.0 Å². The number of nitrogens with zero attached hydrogens (tertiary/aromatic N) is 2. The quantitative estimate of drug-likeness (QED) is 0.136. The smallest absolute Gasteiger partial charge is 0.425 e. The molecule has 1 atom stereocenters. The maximum Gasteiger partial charge on any atom is 0.537 e. The molecular weight excluding hydrogens is 490 g/mol. The average molecular weight is 524 g/mol. The van der Waals surface area contributed by atoms with E-state index in [1.165, 1.54) is 17.1 Å². The van der Waals surface area contributed by atoms with E-state index in [2.05, 4.69) is 10.2 Å². The predicted molar refractivity (Wildman–Crippen MR) is 125 cm³/mol. The summed E-state index contributed by atoms with van der Waals surface area (Å²) in [6.07, 6.45) is 4.34. The summed E-state index contributed by atoms with van der Waals surface area (Å²) in [6.45, 7) is 2.44. The van der Waals surface area contributed by atoms with Gasteiger partial charge in [0.15, 0.2) is 0 Å². The maximum atomic E-state index is 12.0. The topological polar surface area (TPSA) is 166 Å². The molecule has 0 bridgehead atoms. The van der Waals surface area contributed by atoms with Gasteiger partial charge in [0, 0.05) is 57.3 Å². The summed E-state index contributed by atoms with van der Waals surface area (Å²) in [7, 11) is 0. The van der Waals surface area contributed by atoms with Gasteiger partial charge in [0.2, 0.25) is 5.91 Å². The molecular formula is C24H33N3O10. The number of esters is 1. The second kappa shape index (κ2) is 15.4. The van der Waals surface area contributed by atoms with Crippen LogP contribution in [0.2, 0.25) is 0 Å². The van der Waals surface area contributed by atoms with Crippen molar-refractivity contribution in [3.8, 4) is 0 Å². The third-order valence-electron chi connectivity index (χ3n) is 5.56. The van der Waals surface area contributed by atoms with Crippen molar-refractivity contribution in [3.63, 3.8) is 0 Å². The molecule has 1 N–H and O–H groups in total. The lowest BCUT2D eigenvalue weighted by Gasteiger charge is -2.18. The van der Waals surface area contributed by atoms with Gasteiger partial charge in [-0.25, -0.2) is 4.79 Å². The van der Waals surface area contributed by atoms with E-state index in [9.17, 15) is 33.6 Å². The van der Waals surface area contributed by atoms with Crippen LogP contribution in [0, 0.1) is 0 Å². The van der Waals surface area contributed by atoms with Gasteiger partial charge in [-0.1, -0.05) is 24.8 Å². The average Bonchev–Trinajstić information content (AvgIpc) is 3.35. The minimum absolute atomic E-state index is 0.0483. The zero-order valence-electron chi connectivity index (χ0n) is 20.9. The van der Waals surface area contributed by atoms with E-state index in [0.717, 1.165) is 6.42 Å². The highest BCUT2D eigenvalue weighted by Crippen LogP contribution is 2.14. The van der Waals surface area contributed by atoms with E-state index in [4.69, 9.17) is 9.47 Å². The summed E-state index contributed by atoms with van der Waals surface area (Å²) in [5, 5.41) is 3.15. The van der Waals surface area contributed by atoms with E-state index in [1.807, 2.05) is 0 Å². The first kappa shape index (κ1) is 29.5. The molecule has 2 aliphatic rings. The second-order valence-electron chi connectivity index (χ2n) is 8.50. The molecule has 1 unspecified atom stereocenters. The summed E-state index contributed by atoms with van der Waals surface area (Å²) < 4.78 is 9.93. The van der Waals surface area contributed by atoms with Crippen molar-refractivity contribution in [2.45, 2.75) is 83.8 Å². The molecule has 2 heterocycles. The van der Waals surface area contributed by atoms with Crippen LogP contribution < -0.4 is 5.32 Å². The third-order valence-corrected chi connectivity index (χ3v) is 5.56. The molecule has 13 heteroatoms. The minimum Gasteiger partial charge on any atom is -0.425 e. The largest absolute Gasteiger partial charge is 0.537 e. The number of ether oxygens (including phenoxy) is 2. The van der Waals surface area contributed by atoms with E-state index in [0.29, 0.717) is 56.7 Å². The lowest BCUT2D eigenvalue weighted by atomic mass is 10.1. The molecule has 0 spiro atoms. The summed E-state index contributed by atoms with van der Waals surface area (Å²) >= 11 is 0. The Kier molecular flexibility index (Phi) is 12.2. The van der Waals surface area contributed by atoms with Gasteiger partial charge < -0.3 is 14.8 Å². The number of nitrogens with one attached hydrogen (secondary N) is 1. The molecule has 0 aromatic carbocycles. The normalized spacial score (nSPS) is 15.8. The van der Waals surface area contributed by atoms with Crippen LogP contribution in [-0.2, 0) is 43.1 Å². The molecule has 0 aromatic rings. The van der Waals surface area contributed by atoms with Crippen molar-refractivity contribution in [1.82, 2.24) is 15.3 Å². The van der Waals surface area contributed by atoms with Crippen LogP contribution >= 0.6 is 0 Å². The Labute approximate surface area is 214 Å². The van der Waals surface area contributed by atoms with Crippen molar-refractivity contribution < 1.29 is 47.9 Å². The number of hydrogen-bond donors (Lipinski definition) is 1. The van der Waals surface area contributed by atoms with Crippen LogP contribution in [0.25, 0.3) is 0 Å². The van der Waals surface area contributed by atoms with Gasteiger partial charge in [-0.3, -0.25) is 38.5 Å². The van der Waals surface area contributed by atoms with Crippen molar-refractivity contribution in [1.29, 1.82) is 0 Å². The zero-order valence-corrected chi connectivity index (χ0v) is 20.9. The molecule has 2 rings (SSSR count). The predicted octanol–water partition coefficient (Wildman–Crippen LogP) is 1.64. The fourth-order valence-corrected chi connectivity index (χ4v) is 3.53. The number of hydrogen-bond acceptors (Lipinski definition) is 10. The number of carbonyl (C=O) groups is 7. The summed E-state index contributed by atoms with van der Waals surface area (Å²) in [6, 6.07) is 0. The summed E-state index contributed by atoms with van der Waals surface area (Å²) in [5.74, 6) is -2.56.